The van der Waals surface area contributed by atoms with Crippen LogP contribution in [0.5, 0.6) is 0 Å². The molecule has 20 heavy (non-hydrogen) atoms. The summed E-state index contributed by atoms with van der Waals surface area (Å²) in [6.07, 6.45) is -0.434. The summed E-state index contributed by atoms with van der Waals surface area (Å²) in [6.45, 7) is 12.8. The Bertz CT molecular complexity index is 322. The van der Waals surface area contributed by atoms with Gasteiger partial charge in [0.2, 0.25) is 0 Å². The van der Waals surface area contributed by atoms with Gasteiger partial charge in [-0.25, -0.2) is 4.79 Å². The lowest BCUT2D eigenvalue weighted by Crippen LogP contribution is -2.43. The van der Waals surface area contributed by atoms with Crippen molar-refractivity contribution in [3.63, 3.8) is 0 Å². The summed E-state index contributed by atoms with van der Waals surface area (Å²) >= 11 is 0. The largest absolute Gasteiger partial charge is 0.465 e. The molecule has 0 aliphatic carbocycles. The monoisotopic (exact) mass is 288 g/mol. The maximum absolute atomic E-state index is 11.5. The zero-order chi connectivity index (χ0) is 15.8. The summed E-state index contributed by atoms with van der Waals surface area (Å²) in [4.78, 5) is 22.7. The number of rotatable bonds is 7. The third kappa shape index (κ3) is 10.6. The van der Waals surface area contributed by atoms with Gasteiger partial charge in [-0.3, -0.25) is 4.79 Å². The first-order valence-corrected chi connectivity index (χ1v) is 6.89. The summed E-state index contributed by atoms with van der Waals surface area (Å²) in [5, 5.41) is 5.74. The van der Waals surface area contributed by atoms with Crippen molar-refractivity contribution in [2.75, 3.05) is 26.2 Å². The van der Waals surface area contributed by atoms with Crippen LogP contribution in [0, 0.1) is 5.41 Å². The van der Waals surface area contributed by atoms with Crippen LogP contribution in [-0.2, 0) is 14.3 Å². The van der Waals surface area contributed by atoms with Crippen molar-refractivity contribution in [2.24, 2.45) is 5.41 Å². The van der Waals surface area contributed by atoms with Crippen molar-refractivity contribution in [1.82, 2.24) is 10.6 Å². The van der Waals surface area contributed by atoms with Crippen molar-refractivity contribution >= 4 is 12.1 Å². The average molecular weight is 288 g/mol. The first kappa shape index (κ1) is 18.7. The predicted octanol–water partition coefficient (Wildman–Crippen LogP) is 1.69. The summed E-state index contributed by atoms with van der Waals surface area (Å²) in [5.74, 6) is -0.275. The Morgan fingerprint density at radius 3 is 2.15 bits per heavy atom. The molecular formula is C14H28N2O4. The van der Waals surface area contributed by atoms with E-state index in [9.17, 15) is 9.59 Å². The molecule has 6 heteroatoms. The first-order chi connectivity index (χ1) is 9.06. The number of ether oxygens (including phenoxy) is 2. The van der Waals surface area contributed by atoms with E-state index in [2.05, 4.69) is 10.6 Å². The topological polar surface area (TPSA) is 76.7 Å². The van der Waals surface area contributed by atoms with Crippen LogP contribution in [-0.4, -0.2) is 43.9 Å². The minimum absolute atomic E-state index is 0.170. The van der Waals surface area contributed by atoms with Gasteiger partial charge in [0.15, 0.2) is 0 Å². The highest BCUT2D eigenvalue weighted by atomic mass is 16.6. The Morgan fingerprint density at radius 2 is 1.65 bits per heavy atom. The number of hydrogen-bond donors (Lipinski definition) is 2. The number of carbonyl (C=O) groups is 2. The van der Waals surface area contributed by atoms with Gasteiger partial charge in [-0.05, 0) is 33.1 Å². The van der Waals surface area contributed by atoms with Crippen molar-refractivity contribution < 1.29 is 19.1 Å². The molecular weight excluding hydrogens is 260 g/mol. The van der Waals surface area contributed by atoms with Gasteiger partial charge < -0.3 is 20.1 Å². The molecule has 0 aliphatic heterocycles. The number of esters is 1. The second kappa shape index (κ2) is 8.09. The van der Waals surface area contributed by atoms with E-state index in [1.165, 1.54) is 0 Å². The van der Waals surface area contributed by atoms with Crippen LogP contribution in [0.15, 0.2) is 0 Å². The molecule has 6 nitrogen and oxygen atoms in total. The summed E-state index contributed by atoms with van der Waals surface area (Å²) in [5.41, 5.74) is -0.695. The molecule has 0 saturated carbocycles. The summed E-state index contributed by atoms with van der Waals surface area (Å²) in [6, 6.07) is 0. The van der Waals surface area contributed by atoms with Gasteiger partial charge in [-0.2, -0.15) is 0 Å². The van der Waals surface area contributed by atoms with Gasteiger partial charge in [0.05, 0.1) is 13.2 Å². The van der Waals surface area contributed by atoms with E-state index in [1.54, 1.807) is 6.92 Å². The van der Waals surface area contributed by atoms with Crippen LogP contribution in [0.1, 0.15) is 41.5 Å². The van der Waals surface area contributed by atoms with Crippen molar-refractivity contribution in [1.29, 1.82) is 0 Å². The van der Waals surface area contributed by atoms with Crippen LogP contribution >= 0.6 is 0 Å². The molecule has 0 aromatic rings. The smallest absolute Gasteiger partial charge is 0.407 e. The van der Waals surface area contributed by atoms with Gasteiger partial charge in [0.1, 0.15) is 5.60 Å². The van der Waals surface area contributed by atoms with Gasteiger partial charge in [0, 0.05) is 13.1 Å². The van der Waals surface area contributed by atoms with Crippen LogP contribution in [0.25, 0.3) is 0 Å². The Balaban J connectivity index is 3.95. The zero-order valence-electron chi connectivity index (χ0n) is 13.5. The molecule has 0 unspecified atom stereocenters. The molecule has 0 radical (unpaired) electrons. The van der Waals surface area contributed by atoms with Crippen molar-refractivity contribution in [3.8, 4) is 0 Å². The molecule has 0 atom stereocenters. The molecule has 0 rings (SSSR count). The molecule has 0 spiro atoms. The molecule has 2 N–H and O–H groups in total. The fourth-order valence-electron chi connectivity index (χ4n) is 1.40. The van der Waals surface area contributed by atoms with Crippen molar-refractivity contribution in [2.45, 2.75) is 47.1 Å². The molecule has 0 aromatic carbocycles. The van der Waals surface area contributed by atoms with E-state index in [0.29, 0.717) is 19.7 Å². The van der Waals surface area contributed by atoms with Crippen LogP contribution in [0.4, 0.5) is 4.79 Å². The number of hydrogen-bond acceptors (Lipinski definition) is 5. The predicted molar refractivity (Wildman–Crippen MR) is 77.5 cm³/mol. The van der Waals surface area contributed by atoms with Crippen molar-refractivity contribution in [3.05, 3.63) is 0 Å². The van der Waals surface area contributed by atoms with E-state index >= 15 is 0 Å². The van der Waals surface area contributed by atoms with Crippen LogP contribution in [0.2, 0.25) is 0 Å². The number of alkyl carbamates (subject to hydrolysis) is 1. The second-order valence-electron chi connectivity index (χ2n) is 6.43. The molecule has 0 aromatic heterocycles. The summed E-state index contributed by atoms with van der Waals surface area (Å²) in [7, 11) is 0. The standard InChI is InChI=1S/C14H28N2O4/c1-7-19-11(17)8-15-9-14(5,6)10-16-12(18)20-13(2,3)4/h15H,7-10H2,1-6H3,(H,16,18). The zero-order valence-corrected chi connectivity index (χ0v) is 13.5. The lowest BCUT2D eigenvalue weighted by Gasteiger charge is -2.26. The van der Waals surface area contributed by atoms with E-state index < -0.39 is 11.7 Å². The number of carbonyl (C=O) groups excluding carboxylic acids is 2. The lowest BCUT2D eigenvalue weighted by atomic mass is 9.93. The third-order valence-electron chi connectivity index (χ3n) is 2.29. The van der Waals surface area contributed by atoms with E-state index in [-0.39, 0.29) is 17.9 Å². The molecule has 118 valence electrons. The molecule has 0 heterocycles. The van der Waals surface area contributed by atoms with Crippen LogP contribution in [0.3, 0.4) is 0 Å². The fraction of sp³-hybridized carbons (Fsp3) is 0.857. The normalized spacial score (nSPS) is 11.9. The lowest BCUT2D eigenvalue weighted by molar-refractivity contribution is -0.142. The second-order valence-corrected chi connectivity index (χ2v) is 6.43. The van der Waals surface area contributed by atoms with E-state index in [1.807, 2.05) is 34.6 Å². The maximum atomic E-state index is 11.5. The van der Waals surface area contributed by atoms with Gasteiger partial charge in [0.25, 0.3) is 0 Å². The molecule has 0 fully saturated rings. The average Bonchev–Trinajstić information content (AvgIpc) is 2.24. The Hall–Kier alpha value is -1.30. The number of amides is 1. The Morgan fingerprint density at radius 1 is 1.05 bits per heavy atom. The highest BCUT2D eigenvalue weighted by Gasteiger charge is 2.21. The van der Waals surface area contributed by atoms with Gasteiger partial charge >= 0.3 is 12.1 Å². The maximum Gasteiger partial charge on any atom is 0.407 e. The van der Waals surface area contributed by atoms with E-state index in [4.69, 9.17) is 9.47 Å². The molecule has 0 saturated heterocycles. The van der Waals surface area contributed by atoms with Crippen LogP contribution < -0.4 is 10.6 Å². The van der Waals surface area contributed by atoms with Gasteiger partial charge in [-0.1, -0.05) is 13.8 Å². The first-order valence-electron chi connectivity index (χ1n) is 6.89. The molecule has 0 bridgehead atoms. The van der Waals surface area contributed by atoms with Gasteiger partial charge in [-0.15, -0.1) is 0 Å². The third-order valence-corrected chi connectivity index (χ3v) is 2.29. The highest BCUT2D eigenvalue weighted by molar-refractivity contribution is 5.71. The number of nitrogens with one attached hydrogen (secondary N) is 2. The Kier molecular flexibility index (Phi) is 7.57. The highest BCUT2D eigenvalue weighted by Crippen LogP contribution is 2.12. The minimum Gasteiger partial charge on any atom is -0.465 e. The summed E-state index contributed by atoms with van der Waals surface area (Å²) < 4.78 is 9.98. The fourth-order valence-corrected chi connectivity index (χ4v) is 1.40. The molecule has 0 aliphatic rings. The quantitative estimate of drug-likeness (QED) is 0.697. The SMILES string of the molecule is CCOC(=O)CNCC(C)(C)CNC(=O)OC(C)(C)C. The Labute approximate surface area is 121 Å². The molecule has 1 amide bonds. The van der Waals surface area contributed by atoms with E-state index in [0.717, 1.165) is 0 Å². The minimum atomic E-state index is -0.504.